The molecular formula is C19H21ClFIN4. The quantitative estimate of drug-likeness (QED) is 0.364. The van der Waals surface area contributed by atoms with Gasteiger partial charge < -0.3 is 10.6 Å². The summed E-state index contributed by atoms with van der Waals surface area (Å²) in [5, 5.41) is 15.8. The van der Waals surface area contributed by atoms with Crippen LogP contribution in [0.25, 0.3) is 0 Å². The second-order valence-corrected chi connectivity index (χ2v) is 5.86. The van der Waals surface area contributed by atoms with Gasteiger partial charge in [0.1, 0.15) is 5.82 Å². The molecule has 0 bridgehead atoms. The third kappa shape index (κ3) is 7.18. The second kappa shape index (κ2) is 11.7. The van der Waals surface area contributed by atoms with Gasteiger partial charge in [0, 0.05) is 23.7 Å². The van der Waals surface area contributed by atoms with Crippen molar-refractivity contribution in [3.05, 3.63) is 70.0 Å². The molecular weight excluding hydrogens is 466 g/mol. The molecule has 0 aliphatic heterocycles. The average molecular weight is 487 g/mol. The lowest BCUT2D eigenvalue weighted by Gasteiger charge is -2.11. The van der Waals surface area contributed by atoms with Crippen LogP contribution in [0.4, 0.5) is 4.39 Å². The van der Waals surface area contributed by atoms with Crippen LogP contribution < -0.4 is 10.6 Å². The van der Waals surface area contributed by atoms with Gasteiger partial charge >= 0.3 is 0 Å². The summed E-state index contributed by atoms with van der Waals surface area (Å²) in [6.07, 6.45) is 0.802. The molecule has 0 aliphatic carbocycles. The monoisotopic (exact) mass is 486 g/mol. The van der Waals surface area contributed by atoms with Crippen LogP contribution in [-0.2, 0) is 13.0 Å². The fourth-order valence-corrected chi connectivity index (χ4v) is 2.48. The molecule has 0 unspecified atom stereocenters. The van der Waals surface area contributed by atoms with Crippen LogP contribution in [0, 0.1) is 17.1 Å². The van der Waals surface area contributed by atoms with Crippen molar-refractivity contribution in [3.63, 3.8) is 0 Å². The number of hydrogen-bond acceptors (Lipinski definition) is 2. The van der Waals surface area contributed by atoms with Crippen LogP contribution in [0.1, 0.15) is 23.6 Å². The fraction of sp³-hybridized carbons (Fsp3) is 0.263. The molecule has 0 aromatic heterocycles. The van der Waals surface area contributed by atoms with E-state index in [9.17, 15) is 4.39 Å². The topological polar surface area (TPSA) is 60.2 Å². The number of nitrogens with zero attached hydrogens (tertiary/aromatic N) is 2. The van der Waals surface area contributed by atoms with E-state index in [1.165, 1.54) is 6.07 Å². The highest BCUT2D eigenvalue weighted by atomic mass is 127. The summed E-state index contributed by atoms with van der Waals surface area (Å²) in [5.74, 6) is 0.200. The minimum absolute atomic E-state index is 0. The Kier molecular flexibility index (Phi) is 9.99. The summed E-state index contributed by atoms with van der Waals surface area (Å²) in [7, 11) is 0. The zero-order valence-corrected chi connectivity index (χ0v) is 17.5. The van der Waals surface area contributed by atoms with Crippen LogP contribution in [0.3, 0.4) is 0 Å². The number of benzene rings is 2. The first-order valence-corrected chi connectivity index (χ1v) is 8.45. The minimum atomic E-state index is -0.419. The molecule has 0 heterocycles. The average Bonchev–Trinajstić information content (AvgIpc) is 2.60. The molecule has 2 N–H and O–H groups in total. The Morgan fingerprint density at radius 1 is 1.23 bits per heavy atom. The van der Waals surface area contributed by atoms with Crippen molar-refractivity contribution in [2.75, 3.05) is 13.1 Å². The highest BCUT2D eigenvalue weighted by molar-refractivity contribution is 14.0. The smallest absolute Gasteiger partial charge is 0.191 e. The zero-order chi connectivity index (χ0) is 18.1. The van der Waals surface area contributed by atoms with Gasteiger partial charge in [-0.05, 0) is 43.2 Å². The second-order valence-electron chi connectivity index (χ2n) is 5.42. The first-order valence-electron chi connectivity index (χ1n) is 8.07. The van der Waals surface area contributed by atoms with Gasteiger partial charge in [0.05, 0.1) is 18.2 Å². The van der Waals surface area contributed by atoms with Crippen molar-refractivity contribution < 1.29 is 4.39 Å². The normalized spacial score (nSPS) is 10.6. The van der Waals surface area contributed by atoms with E-state index in [0.717, 1.165) is 17.0 Å². The maximum atomic E-state index is 13.9. The molecule has 26 heavy (non-hydrogen) atoms. The van der Waals surface area contributed by atoms with Gasteiger partial charge in [0.2, 0.25) is 0 Å². The Labute approximate surface area is 175 Å². The molecule has 0 amide bonds. The Hall–Kier alpha value is -1.85. The van der Waals surface area contributed by atoms with E-state index >= 15 is 0 Å². The first-order chi connectivity index (χ1) is 12.1. The largest absolute Gasteiger partial charge is 0.357 e. The highest BCUT2D eigenvalue weighted by Gasteiger charge is 2.04. The number of nitrogens with one attached hydrogen (secondary N) is 2. The van der Waals surface area contributed by atoms with Gasteiger partial charge in [-0.2, -0.15) is 5.26 Å². The fourth-order valence-electron chi connectivity index (χ4n) is 2.27. The van der Waals surface area contributed by atoms with E-state index in [0.29, 0.717) is 30.2 Å². The molecule has 2 rings (SSSR count). The van der Waals surface area contributed by atoms with E-state index in [4.69, 9.17) is 16.9 Å². The minimum Gasteiger partial charge on any atom is -0.357 e. The number of aliphatic imine (C=N–C) groups is 1. The third-order valence-electron chi connectivity index (χ3n) is 3.53. The van der Waals surface area contributed by atoms with Crippen molar-refractivity contribution in [2.45, 2.75) is 19.9 Å². The van der Waals surface area contributed by atoms with E-state index in [1.807, 2.05) is 37.3 Å². The summed E-state index contributed by atoms with van der Waals surface area (Å²) >= 11 is 5.98. The number of nitriles is 1. The molecule has 0 atom stereocenters. The molecule has 0 spiro atoms. The van der Waals surface area contributed by atoms with Gasteiger partial charge in [-0.3, -0.25) is 0 Å². The summed E-state index contributed by atoms with van der Waals surface area (Å²) in [4.78, 5) is 4.39. The summed E-state index contributed by atoms with van der Waals surface area (Å²) in [6, 6.07) is 14.0. The molecule has 2 aromatic carbocycles. The summed E-state index contributed by atoms with van der Waals surface area (Å²) in [6.45, 7) is 3.56. The van der Waals surface area contributed by atoms with Crippen LogP contribution in [0.2, 0.25) is 5.02 Å². The molecule has 138 valence electrons. The lowest BCUT2D eigenvalue weighted by atomic mass is 10.1. The molecule has 2 aromatic rings. The number of guanidine groups is 1. The Bertz CT molecular complexity index is 789. The maximum Gasteiger partial charge on any atom is 0.191 e. The number of halogens is 3. The van der Waals surface area contributed by atoms with Crippen LogP contribution >= 0.6 is 35.6 Å². The lowest BCUT2D eigenvalue weighted by molar-refractivity contribution is 0.609. The summed E-state index contributed by atoms with van der Waals surface area (Å²) in [5.41, 5.74) is 1.89. The van der Waals surface area contributed by atoms with Gasteiger partial charge in [0.15, 0.2) is 5.96 Å². The van der Waals surface area contributed by atoms with Crippen LogP contribution in [-0.4, -0.2) is 19.0 Å². The van der Waals surface area contributed by atoms with Crippen molar-refractivity contribution in [2.24, 2.45) is 4.99 Å². The summed E-state index contributed by atoms with van der Waals surface area (Å²) < 4.78 is 13.9. The third-order valence-corrected chi connectivity index (χ3v) is 3.76. The Balaban J connectivity index is 0.00000338. The van der Waals surface area contributed by atoms with Gasteiger partial charge in [-0.15, -0.1) is 24.0 Å². The molecule has 0 radical (unpaired) electrons. The van der Waals surface area contributed by atoms with E-state index in [-0.39, 0.29) is 30.5 Å². The van der Waals surface area contributed by atoms with Gasteiger partial charge in [-0.1, -0.05) is 29.8 Å². The maximum absolute atomic E-state index is 13.9. The van der Waals surface area contributed by atoms with E-state index < -0.39 is 5.82 Å². The molecule has 0 aliphatic rings. The van der Waals surface area contributed by atoms with Gasteiger partial charge in [-0.25, -0.2) is 9.38 Å². The molecule has 0 fully saturated rings. The zero-order valence-electron chi connectivity index (χ0n) is 14.4. The van der Waals surface area contributed by atoms with Crippen molar-refractivity contribution in [3.8, 4) is 6.07 Å². The van der Waals surface area contributed by atoms with Crippen LogP contribution in [0.15, 0.2) is 47.5 Å². The standard InChI is InChI=1S/C19H20ClFN4.HI/c1-2-23-19(24-9-8-14-4-3-5-17(20)10-14)25-13-16-7-6-15(12-22)11-18(16)21;/h3-7,10-11H,2,8-9,13H2,1H3,(H2,23,24,25);1H. The predicted octanol–water partition coefficient (Wildman–Crippen LogP) is 4.27. The van der Waals surface area contributed by atoms with Crippen LogP contribution in [0.5, 0.6) is 0 Å². The highest BCUT2D eigenvalue weighted by Crippen LogP contribution is 2.12. The molecule has 7 heteroatoms. The van der Waals surface area contributed by atoms with Crippen molar-refractivity contribution in [1.82, 2.24) is 10.6 Å². The molecule has 0 saturated heterocycles. The lowest BCUT2D eigenvalue weighted by Crippen LogP contribution is -2.38. The predicted molar refractivity (Wildman–Crippen MR) is 115 cm³/mol. The number of hydrogen-bond donors (Lipinski definition) is 2. The first kappa shape index (κ1) is 22.2. The SMILES string of the molecule is CCNC(=NCc1ccc(C#N)cc1F)NCCc1cccc(Cl)c1.I. The van der Waals surface area contributed by atoms with Crippen molar-refractivity contribution in [1.29, 1.82) is 5.26 Å². The Morgan fingerprint density at radius 3 is 2.69 bits per heavy atom. The van der Waals surface area contributed by atoms with E-state index in [2.05, 4.69) is 15.6 Å². The molecule has 4 nitrogen and oxygen atoms in total. The van der Waals surface area contributed by atoms with Crippen molar-refractivity contribution >= 4 is 41.5 Å². The Morgan fingerprint density at radius 2 is 2.04 bits per heavy atom. The molecule has 0 saturated carbocycles. The van der Waals surface area contributed by atoms with Gasteiger partial charge in [0.25, 0.3) is 0 Å². The number of rotatable bonds is 6. The van der Waals surface area contributed by atoms with E-state index in [1.54, 1.807) is 12.1 Å².